The van der Waals surface area contributed by atoms with Crippen LogP contribution in [0.15, 0.2) is 0 Å². The van der Waals surface area contributed by atoms with E-state index in [9.17, 15) is 0 Å². The lowest BCUT2D eigenvalue weighted by Gasteiger charge is -2.01. The fraction of sp³-hybridized carbons (Fsp3) is 0.833. The first-order valence-corrected chi connectivity index (χ1v) is 2.75. The van der Waals surface area contributed by atoms with Gasteiger partial charge in [-0.3, -0.25) is 0 Å². The van der Waals surface area contributed by atoms with Crippen molar-refractivity contribution in [2.75, 3.05) is 6.61 Å². The zero-order chi connectivity index (χ0) is 5.70. The van der Waals surface area contributed by atoms with Gasteiger partial charge in [0.1, 0.15) is 0 Å². The fourth-order valence-electron chi connectivity index (χ4n) is 0.500. The van der Waals surface area contributed by atoms with Crippen molar-refractivity contribution in [1.82, 2.24) is 0 Å². The summed E-state index contributed by atoms with van der Waals surface area (Å²) in [7, 11) is 0. The average Bonchev–Trinajstić information content (AvgIpc) is 1.68. The van der Waals surface area contributed by atoms with E-state index in [1.165, 1.54) is 0 Å². The lowest BCUT2D eigenvalue weighted by Crippen LogP contribution is -1.98. The summed E-state index contributed by atoms with van der Waals surface area (Å²) in [5.74, 6) is 0.255. The molecule has 0 aromatic rings. The van der Waals surface area contributed by atoms with Crippen LogP contribution >= 0.6 is 0 Å². The molecule has 0 bridgehead atoms. The Labute approximate surface area is 45.4 Å². The molecule has 0 aliphatic heterocycles. The molecule has 0 aromatic carbocycles. The molecule has 43 valence electrons. The summed E-state index contributed by atoms with van der Waals surface area (Å²) >= 11 is 0. The number of aliphatic hydroxyl groups excluding tert-OH is 1. The van der Waals surface area contributed by atoms with E-state index in [-0.39, 0.29) is 12.5 Å². The molecule has 0 heterocycles. The highest BCUT2D eigenvalue weighted by Crippen LogP contribution is 2.00. The summed E-state index contributed by atoms with van der Waals surface area (Å²) < 4.78 is 0. The van der Waals surface area contributed by atoms with Gasteiger partial charge in [-0.15, -0.1) is 0 Å². The third-order valence-electron chi connectivity index (χ3n) is 0.955. The predicted octanol–water partition coefficient (Wildman–Crippen LogP) is 1.23. The number of hydrogen-bond donors (Lipinski definition) is 1. The van der Waals surface area contributed by atoms with Crippen LogP contribution in [0.1, 0.15) is 19.8 Å². The van der Waals surface area contributed by atoms with Crippen LogP contribution in [-0.2, 0) is 0 Å². The van der Waals surface area contributed by atoms with Gasteiger partial charge in [0.25, 0.3) is 0 Å². The lowest BCUT2D eigenvalue weighted by atomic mass is 10.1. The second-order valence-electron chi connectivity index (χ2n) is 1.84. The Morgan fingerprint density at radius 1 is 1.71 bits per heavy atom. The van der Waals surface area contributed by atoms with Crippen LogP contribution in [0.2, 0.25) is 0 Å². The minimum absolute atomic E-state index is 0.230. The molecule has 0 aliphatic rings. The summed E-state index contributed by atoms with van der Waals surface area (Å²) in [5.41, 5.74) is 0. The van der Waals surface area contributed by atoms with Crippen molar-refractivity contribution in [3.05, 3.63) is 6.92 Å². The maximum Gasteiger partial charge on any atom is 0.0459 e. The Kier molecular flexibility index (Phi) is 4.10. The highest BCUT2D eigenvalue weighted by molar-refractivity contribution is 4.56. The number of hydrogen-bond acceptors (Lipinski definition) is 1. The fourth-order valence-corrected chi connectivity index (χ4v) is 0.500. The predicted molar refractivity (Wildman–Crippen MR) is 30.8 cm³/mol. The first-order chi connectivity index (χ1) is 3.31. The van der Waals surface area contributed by atoms with Crippen molar-refractivity contribution < 1.29 is 5.11 Å². The average molecular weight is 101 g/mol. The monoisotopic (exact) mass is 101 g/mol. The molecule has 0 amide bonds. The molecular formula is C6H13O. The van der Waals surface area contributed by atoms with E-state index >= 15 is 0 Å². The molecule has 0 fully saturated rings. The van der Waals surface area contributed by atoms with Crippen LogP contribution in [0.3, 0.4) is 0 Å². The zero-order valence-electron chi connectivity index (χ0n) is 4.85. The molecule has 0 spiro atoms. The topological polar surface area (TPSA) is 20.2 Å². The molecule has 1 radical (unpaired) electrons. The second-order valence-corrected chi connectivity index (χ2v) is 1.84. The first-order valence-electron chi connectivity index (χ1n) is 2.75. The minimum Gasteiger partial charge on any atom is -0.396 e. The van der Waals surface area contributed by atoms with E-state index in [4.69, 9.17) is 5.11 Å². The smallest absolute Gasteiger partial charge is 0.0459 e. The molecule has 0 rings (SSSR count). The van der Waals surface area contributed by atoms with Gasteiger partial charge in [0.15, 0.2) is 0 Å². The number of aliphatic hydroxyl groups is 1. The quantitative estimate of drug-likeness (QED) is 0.567. The second kappa shape index (κ2) is 4.13. The Bertz CT molecular complexity index is 35.2. The Morgan fingerprint density at radius 3 is 2.43 bits per heavy atom. The Morgan fingerprint density at radius 2 is 2.29 bits per heavy atom. The van der Waals surface area contributed by atoms with Crippen LogP contribution < -0.4 is 0 Å². The van der Waals surface area contributed by atoms with Crippen molar-refractivity contribution in [2.45, 2.75) is 19.8 Å². The van der Waals surface area contributed by atoms with Crippen LogP contribution in [0, 0.1) is 12.8 Å². The summed E-state index contributed by atoms with van der Waals surface area (Å²) in [6, 6.07) is 0. The lowest BCUT2D eigenvalue weighted by molar-refractivity contribution is 0.244. The van der Waals surface area contributed by atoms with Crippen molar-refractivity contribution in [3.63, 3.8) is 0 Å². The molecule has 1 atom stereocenters. The largest absolute Gasteiger partial charge is 0.396 e. The van der Waals surface area contributed by atoms with Gasteiger partial charge in [-0.25, -0.2) is 0 Å². The normalized spacial score (nSPS) is 14.1. The van der Waals surface area contributed by atoms with E-state index in [0.717, 1.165) is 12.8 Å². The minimum atomic E-state index is 0.230. The molecule has 0 aliphatic carbocycles. The molecular weight excluding hydrogens is 88.1 g/mol. The van der Waals surface area contributed by atoms with Gasteiger partial charge in [0, 0.05) is 6.61 Å². The molecule has 1 unspecified atom stereocenters. The van der Waals surface area contributed by atoms with Crippen LogP contribution in [0.5, 0.6) is 0 Å². The molecule has 7 heavy (non-hydrogen) atoms. The van der Waals surface area contributed by atoms with E-state index in [0.29, 0.717) is 0 Å². The van der Waals surface area contributed by atoms with E-state index in [2.05, 4.69) is 13.8 Å². The van der Waals surface area contributed by atoms with E-state index in [1.54, 1.807) is 0 Å². The molecule has 1 nitrogen and oxygen atoms in total. The van der Waals surface area contributed by atoms with Crippen LogP contribution in [0.4, 0.5) is 0 Å². The maximum atomic E-state index is 8.40. The van der Waals surface area contributed by atoms with Gasteiger partial charge in [-0.1, -0.05) is 13.3 Å². The van der Waals surface area contributed by atoms with Gasteiger partial charge in [0.2, 0.25) is 0 Å². The molecule has 0 saturated heterocycles. The van der Waals surface area contributed by atoms with Crippen molar-refractivity contribution >= 4 is 0 Å². The summed E-state index contributed by atoms with van der Waals surface area (Å²) in [6.07, 6.45) is 2.16. The maximum absolute atomic E-state index is 8.40. The third-order valence-corrected chi connectivity index (χ3v) is 0.955. The van der Waals surface area contributed by atoms with Crippen LogP contribution in [-0.4, -0.2) is 11.7 Å². The first kappa shape index (κ1) is 6.96. The SMILES string of the molecule is [CH2]C(CO)CCC. The number of rotatable bonds is 3. The highest BCUT2D eigenvalue weighted by Gasteiger charge is 1.94. The highest BCUT2D eigenvalue weighted by atomic mass is 16.3. The molecule has 0 saturated carbocycles. The Balaban J connectivity index is 2.83. The van der Waals surface area contributed by atoms with Gasteiger partial charge in [-0.05, 0) is 19.3 Å². The third kappa shape index (κ3) is 3.80. The standard InChI is InChI=1S/C6H13O/c1-3-4-6(2)5-7/h6-7H,2-5H2,1H3. The van der Waals surface area contributed by atoms with Gasteiger partial charge in [-0.2, -0.15) is 0 Å². The summed E-state index contributed by atoms with van der Waals surface area (Å²) in [4.78, 5) is 0. The van der Waals surface area contributed by atoms with Gasteiger partial charge in [0.05, 0.1) is 0 Å². The molecule has 1 heteroatoms. The molecule has 1 N–H and O–H groups in total. The van der Waals surface area contributed by atoms with E-state index in [1.807, 2.05) is 0 Å². The summed E-state index contributed by atoms with van der Waals surface area (Å²) in [6.45, 7) is 6.02. The van der Waals surface area contributed by atoms with Gasteiger partial charge < -0.3 is 5.11 Å². The summed E-state index contributed by atoms with van der Waals surface area (Å²) in [5, 5.41) is 8.40. The van der Waals surface area contributed by atoms with Crippen molar-refractivity contribution in [3.8, 4) is 0 Å². The van der Waals surface area contributed by atoms with Gasteiger partial charge >= 0.3 is 0 Å². The van der Waals surface area contributed by atoms with Crippen molar-refractivity contribution in [2.24, 2.45) is 5.92 Å². The van der Waals surface area contributed by atoms with E-state index < -0.39 is 0 Å². The Hall–Kier alpha value is -0.0400. The molecule has 0 aromatic heterocycles. The zero-order valence-corrected chi connectivity index (χ0v) is 4.85. The van der Waals surface area contributed by atoms with Crippen LogP contribution in [0.25, 0.3) is 0 Å². The van der Waals surface area contributed by atoms with Crippen molar-refractivity contribution in [1.29, 1.82) is 0 Å².